The molecule has 0 saturated heterocycles. The topological polar surface area (TPSA) is 76.1 Å². The molecule has 0 radical (unpaired) electrons. The van der Waals surface area contributed by atoms with Crippen molar-refractivity contribution in [2.24, 2.45) is 0 Å². The summed E-state index contributed by atoms with van der Waals surface area (Å²) in [6, 6.07) is 22.5. The zero-order valence-electron chi connectivity index (χ0n) is 21.5. The van der Waals surface area contributed by atoms with Gasteiger partial charge in [0.15, 0.2) is 6.61 Å². The van der Waals surface area contributed by atoms with Crippen molar-refractivity contribution in [1.29, 1.82) is 0 Å². The molecule has 0 unspecified atom stereocenters. The summed E-state index contributed by atoms with van der Waals surface area (Å²) in [5.74, 6) is -0.141. The molecule has 0 heterocycles. The summed E-state index contributed by atoms with van der Waals surface area (Å²) >= 11 is 0. The zero-order chi connectivity index (χ0) is 26.1. The maximum Gasteiger partial charge on any atom is 0.339 e. The lowest BCUT2D eigenvalue weighted by Crippen LogP contribution is -2.34. The second-order valence-electron chi connectivity index (χ2n) is 9.69. The molecule has 0 fully saturated rings. The van der Waals surface area contributed by atoms with Crippen LogP contribution in [0.4, 0.5) is 0 Å². The molecular weight excluding hydrogens is 454 g/mol. The fourth-order valence-electron chi connectivity index (χ4n) is 3.78. The minimum absolute atomic E-state index is 0.0418. The summed E-state index contributed by atoms with van der Waals surface area (Å²) in [7, 11) is 0. The van der Waals surface area contributed by atoms with E-state index in [-0.39, 0.29) is 23.5 Å². The van der Waals surface area contributed by atoms with E-state index >= 15 is 0 Å². The number of ether oxygens (including phenoxy) is 2. The smallest absolute Gasteiger partial charge is 0.339 e. The number of carboxylic acids is 1. The van der Waals surface area contributed by atoms with Crippen molar-refractivity contribution in [2.45, 2.75) is 46.1 Å². The van der Waals surface area contributed by atoms with Crippen LogP contribution in [0.25, 0.3) is 0 Å². The number of hydrogen-bond acceptors (Lipinski definition) is 4. The molecule has 0 aliphatic heterocycles. The molecule has 0 aliphatic rings. The Kier molecular flexibility index (Phi) is 9.12. The van der Waals surface area contributed by atoms with Crippen molar-refractivity contribution in [2.75, 3.05) is 19.8 Å². The van der Waals surface area contributed by atoms with Crippen molar-refractivity contribution >= 4 is 11.9 Å². The van der Waals surface area contributed by atoms with Crippen molar-refractivity contribution in [3.63, 3.8) is 0 Å². The predicted molar refractivity (Wildman–Crippen MR) is 141 cm³/mol. The Labute approximate surface area is 213 Å². The summed E-state index contributed by atoms with van der Waals surface area (Å²) in [6.07, 6.45) is 0.574. The molecule has 6 heteroatoms. The number of aromatic carboxylic acids is 1. The van der Waals surface area contributed by atoms with Gasteiger partial charge in [0.1, 0.15) is 17.1 Å². The molecule has 0 aliphatic carbocycles. The summed E-state index contributed by atoms with van der Waals surface area (Å²) in [6.45, 7) is 9.93. The lowest BCUT2D eigenvalue weighted by molar-refractivity contribution is -0.133. The van der Waals surface area contributed by atoms with Crippen LogP contribution in [0, 0.1) is 0 Å². The number of amides is 1. The van der Waals surface area contributed by atoms with E-state index in [1.54, 1.807) is 23.1 Å². The monoisotopic (exact) mass is 489 g/mol. The van der Waals surface area contributed by atoms with Gasteiger partial charge in [0, 0.05) is 19.5 Å². The zero-order valence-corrected chi connectivity index (χ0v) is 21.5. The van der Waals surface area contributed by atoms with E-state index in [9.17, 15) is 14.7 Å². The highest BCUT2D eigenvalue weighted by Crippen LogP contribution is 2.23. The van der Waals surface area contributed by atoms with Crippen LogP contribution in [0.3, 0.4) is 0 Å². The first-order chi connectivity index (χ1) is 17.2. The molecule has 6 nitrogen and oxygen atoms in total. The minimum Gasteiger partial charge on any atom is -0.492 e. The van der Waals surface area contributed by atoms with Crippen LogP contribution in [0.5, 0.6) is 11.5 Å². The van der Waals surface area contributed by atoms with Crippen molar-refractivity contribution in [3.05, 3.63) is 95.1 Å². The molecule has 0 spiro atoms. The highest BCUT2D eigenvalue weighted by Gasteiger charge is 2.16. The normalized spacial score (nSPS) is 11.1. The maximum atomic E-state index is 12.8. The minimum atomic E-state index is -1.02. The van der Waals surface area contributed by atoms with E-state index in [1.807, 2.05) is 31.2 Å². The first kappa shape index (κ1) is 26.8. The molecule has 0 saturated carbocycles. The van der Waals surface area contributed by atoms with Crippen LogP contribution in [0.1, 0.15) is 54.7 Å². The lowest BCUT2D eigenvalue weighted by Gasteiger charge is -2.23. The van der Waals surface area contributed by atoms with E-state index in [1.165, 1.54) is 11.6 Å². The Hall–Kier alpha value is -3.80. The quantitative estimate of drug-likeness (QED) is 0.372. The van der Waals surface area contributed by atoms with Gasteiger partial charge in [-0.3, -0.25) is 4.79 Å². The number of nitrogens with zero attached hydrogens (tertiary/aromatic N) is 1. The number of para-hydroxylation sites is 1. The van der Waals surface area contributed by atoms with Crippen LogP contribution < -0.4 is 9.47 Å². The Bertz CT molecular complexity index is 1160. The van der Waals surface area contributed by atoms with Gasteiger partial charge in [0.05, 0.1) is 6.61 Å². The molecule has 3 aromatic carbocycles. The van der Waals surface area contributed by atoms with E-state index in [0.29, 0.717) is 37.6 Å². The van der Waals surface area contributed by atoms with Gasteiger partial charge in [-0.1, -0.05) is 69.3 Å². The van der Waals surface area contributed by atoms with Gasteiger partial charge in [-0.05, 0) is 53.3 Å². The van der Waals surface area contributed by atoms with Crippen molar-refractivity contribution < 1.29 is 24.2 Å². The Morgan fingerprint density at radius 3 is 2.28 bits per heavy atom. The van der Waals surface area contributed by atoms with Crippen LogP contribution in [-0.4, -0.2) is 41.6 Å². The molecule has 0 atom stereocenters. The van der Waals surface area contributed by atoms with E-state index < -0.39 is 5.97 Å². The van der Waals surface area contributed by atoms with Crippen LogP contribution >= 0.6 is 0 Å². The summed E-state index contributed by atoms with van der Waals surface area (Å²) in [4.78, 5) is 25.9. The second kappa shape index (κ2) is 12.2. The molecule has 1 N–H and O–H groups in total. The third kappa shape index (κ3) is 7.60. The van der Waals surface area contributed by atoms with E-state index in [4.69, 9.17) is 9.47 Å². The predicted octanol–water partition coefficient (Wildman–Crippen LogP) is 5.73. The highest BCUT2D eigenvalue weighted by atomic mass is 16.5. The standard InChI is InChI=1S/C30H35NO5/c1-5-31(20-23-13-15-24(16-14-23)30(2,3)4)28(32)21-36-25-10-8-9-22(19-25)17-18-35-27-12-7-6-11-26(27)29(33)34/h6-16,19H,5,17-18,20-21H2,1-4H3,(H,33,34). The highest BCUT2D eigenvalue weighted by molar-refractivity contribution is 5.90. The van der Waals surface area contributed by atoms with Gasteiger partial charge in [-0.15, -0.1) is 0 Å². The molecule has 0 aromatic heterocycles. The first-order valence-corrected chi connectivity index (χ1v) is 12.2. The fraction of sp³-hybridized carbons (Fsp3) is 0.333. The largest absolute Gasteiger partial charge is 0.492 e. The molecule has 3 rings (SSSR count). The SMILES string of the molecule is CCN(Cc1ccc(C(C)(C)C)cc1)C(=O)COc1cccc(CCOc2ccccc2C(=O)O)c1. The number of carbonyl (C=O) groups is 2. The van der Waals surface area contributed by atoms with Gasteiger partial charge in [-0.2, -0.15) is 0 Å². The number of carboxylic acid groups (broad SMARTS) is 1. The van der Waals surface area contributed by atoms with Crippen LogP contribution in [-0.2, 0) is 23.2 Å². The Balaban J connectivity index is 1.52. The Morgan fingerprint density at radius 2 is 1.61 bits per heavy atom. The van der Waals surface area contributed by atoms with Gasteiger partial charge >= 0.3 is 5.97 Å². The maximum absolute atomic E-state index is 12.8. The van der Waals surface area contributed by atoms with Crippen LogP contribution in [0.2, 0.25) is 0 Å². The first-order valence-electron chi connectivity index (χ1n) is 12.2. The molecule has 1 amide bonds. The number of rotatable bonds is 11. The molecule has 0 bridgehead atoms. The number of likely N-dealkylation sites (N-methyl/N-ethyl adjacent to an activating group) is 1. The van der Waals surface area contributed by atoms with E-state index in [2.05, 4.69) is 45.0 Å². The van der Waals surface area contributed by atoms with Crippen LogP contribution in [0.15, 0.2) is 72.8 Å². The third-order valence-corrected chi connectivity index (χ3v) is 5.95. The van der Waals surface area contributed by atoms with Crippen molar-refractivity contribution in [3.8, 4) is 11.5 Å². The molecule has 190 valence electrons. The lowest BCUT2D eigenvalue weighted by atomic mass is 9.87. The van der Waals surface area contributed by atoms with Gasteiger partial charge in [0.25, 0.3) is 5.91 Å². The molecular formula is C30H35NO5. The summed E-state index contributed by atoms with van der Waals surface area (Å²) in [5, 5.41) is 9.27. The molecule has 36 heavy (non-hydrogen) atoms. The average Bonchev–Trinajstić information content (AvgIpc) is 2.86. The third-order valence-electron chi connectivity index (χ3n) is 5.95. The van der Waals surface area contributed by atoms with Gasteiger partial charge < -0.3 is 19.5 Å². The fourth-order valence-corrected chi connectivity index (χ4v) is 3.78. The summed E-state index contributed by atoms with van der Waals surface area (Å²) in [5.41, 5.74) is 3.55. The summed E-state index contributed by atoms with van der Waals surface area (Å²) < 4.78 is 11.5. The Morgan fingerprint density at radius 1 is 0.889 bits per heavy atom. The second-order valence-corrected chi connectivity index (χ2v) is 9.69. The average molecular weight is 490 g/mol. The van der Waals surface area contributed by atoms with Gasteiger partial charge in [0.2, 0.25) is 0 Å². The van der Waals surface area contributed by atoms with Crippen molar-refractivity contribution in [1.82, 2.24) is 4.90 Å². The number of benzene rings is 3. The number of carbonyl (C=O) groups excluding carboxylic acids is 1. The number of hydrogen-bond donors (Lipinski definition) is 1. The molecule has 3 aromatic rings. The van der Waals surface area contributed by atoms with Gasteiger partial charge in [-0.25, -0.2) is 4.79 Å². The van der Waals surface area contributed by atoms with E-state index in [0.717, 1.165) is 11.1 Å².